The van der Waals surface area contributed by atoms with Crippen LogP contribution in [0.4, 0.5) is 4.79 Å². The molecule has 0 spiro atoms. The van der Waals surface area contributed by atoms with Crippen molar-refractivity contribution in [1.29, 1.82) is 0 Å². The van der Waals surface area contributed by atoms with E-state index in [0.29, 0.717) is 12.1 Å². The van der Waals surface area contributed by atoms with Gasteiger partial charge in [0.25, 0.3) is 0 Å². The smallest absolute Gasteiger partial charge is 0.410 e. The van der Waals surface area contributed by atoms with Gasteiger partial charge in [-0.2, -0.15) is 0 Å². The van der Waals surface area contributed by atoms with Gasteiger partial charge >= 0.3 is 6.09 Å². The largest absolute Gasteiger partial charge is 0.444 e. The molecule has 0 radical (unpaired) electrons. The second-order valence-electron chi connectivity index (χ2n) is 5.25. The van der Waals surface area contributed by atoms with Crippen LogP contribution in [0, 0.1) is 0 Å². The molecule has 2 rings (SSSR count). The van der Waals surface area contributed by atoms with Crippen molar-refractivity contribution < 1.29 is 14.8 Å². The Kier molecular flexibility index (Phi) is 2.18. The molecule has 0 unspecified atom stereocenters. The molecule has 2 aliphatic heterocycles. The molecule has 2 N–H and O–H groups in total. The number of amides is 1. The zero-order chi connectivity index (χ0) is 10.3. The predicted molar refractivity (Wildman–Crippen MR) is 51.9 cm³/mol. The molecule has 4 heteroatoms. The number of nitrogens with two attached hydrogens (primary N) is 1. The summed E-state index contributed by atoms with van der Waals surface area (Å²) in [5, 5.41) is 2.32. The number of carbonyl (C=O) groups excluding carboxylic acids is 1. The van der Waals surface area contributed by atoms with Crippen molar-refractivity contribution in [1.82, 2.24) is 4.90 Å². The molecule has 2 atom stereocenters. The van der Waals surface area contributed by atoms with E-state index in [9.17, 15) is 4.79 Å². The van der Waals surface area contributed by atoms with Gasteiger partial charge in [-0.1, -0.05) is 0 Å². The lowest BCUT2D eigenvalue weighted by Gasteiger charge is -2.28. The minimum atomic E-state index is -0.372. The summed E-state index contributed by atoms with van der Waals surface area (Å²) in [6.07, 6.45) is 0.997. The third kappa shape index (κ3) is 1.85. The van der Waals surface area contributed by atoms with E-state index in [4.69, 9.17) is 4.74 Å². The molecule has 4 nitrogen and oxygen atoms in total. The summed E-state index contributed by atoms with van der Waals surface area (Å²) < 4.78 is 5.35. The number of hydrogen-bond acceptors (Lipinski definition) is 2. The van der Waals surface area contributed by atoms with E-state index in [0.717, 1.165) is 19.5 Å². The monoisotopic (exact) mass is 199 g/mol. The van der Waals surface area contributed by atoms with Crippen LogP contribution < -0.4 is 5.32 Å². The summed E-state index contributed by atoms with van der Waals surface area (Å²) >= 11 is 0. The SMILES string of the molecule is CC(C)(C)OC(=O)N1C[C@H]2C[C@@H]1C[NH2+]2. The number of hydrogen-bond donors (Lipinski definition) is 1. The topological polar surface area (TPSA) is 46.1 Å². The molecule has 0 saturated carbocycles. The Balaban J connectivity index is 1.93. The maximum absolute atomic E-state index is 11.7. The van der Waals surface area contributed by atoms with E-state index in [2.05, 4.69) is 5.32 Å². The highest BCUT2D eigenvalue weighted by Crippen LogP contribution is 2.21. The summed E-state index contributed by atoms with van der Waals surface area (Å²) in [4.78, 5) is 13.6. The first kappa shape index (κ1) is 9.77. The fraction of sp³-hybridized carbons (Fsp3) is 0.900. The highest BCUT2D eigenvalue weighted by Gasteiger charge is 2.45. The molecule has 2 bridgehead atoms. The lowest BCUT2D eigenvalue weighted by atomic mass is 10.2. The minimum absolute atomic E-state index is 0.141. The van der Waals surface area contributed by atoms with Gasteiger partial charge in [-0.05, 0) is 20.8 Å². The Labute approximate surface area is 84.6 Å². The molecule has 0 aromatic carbocycles. The Morgan fingerprint density at radius 3 is 2.64 bits per heavy atom. The predicted octanol–water partition coefficient (Wildman–Crippen LogP) is -0.0586. The number of likely N-dealkylation sites (tertiary alicyclic amines) is 1. The van der Waals surface area contributed by atoms with E-state index in [1.807, 2.05) is 25.7 Å². The lowest BCUT2D eigenvalue weighted by molar-refractivity contribution is -0.677. The highest BCUT2D eigenvalue weighted by molar-refractivity contribution is 5.69. The molecule has 2 fully saturated rings. The van der Waals surface area contributed by atoms with Crippen molar-refractivity contribution in [2.75, 3.05) is 13.1 Å². The Morgan fingerprint density at radius 2 is 2.21 bits per heavy atom. The van der Waals surface area contributed by atoms with Crippen LogP contribution in [0.3, 0.4) is 0 Å². The number of fused-ring (bicyclic) bond motifs is 2. The van der Waals surface area contributed by atoms with Crippen molar-refractivity contribution in [3.63, 3.8) is 0 Å². The van der Waals surface area contributed by atoms with E-state index >= 15 is 0 Å². The van der Waals surface area contributed by atoms with Crippen LogP contribution in [0.15, 0.2) is 0 Å². The van der Waals surface area contributed by atoms with Crippen LogP contribution in [0.2, 0.25) is 0 Å². The zero-order valence-electron chi connectivity index (χ0n) is 9.12. The molecule has 2 saturated heterocycles. The Hall–Kier alpha value is -0.770. The van der Waals surface area contributed by atoms with Gasteiger partial charge in [0, 0.05) is 6.42 Å². The molecule has 80 valence electrons. The molecule has 0 aromatic rings. The summed E-state index contributed by atoms with van der Waals surface area (Å²) in [6.45, 7) is 7.63. The van der Waals surface area contributed by atoms with E-state index in [-0.39, 0.29) is 11.7 Å². The first-order valence-electron chi connectivity index (χ1n) is 5.28. The molecule has 14 heavy (non-hydrogen) atoms. The average Bonchev–Trinajstić information content (AvgIpc) is 2.59. The Morgan fingerprint density at radius 1 is 1.50 bits per heavy atom. The Bertz CT molecular complexity index is 247. The molecule has 0 aromatic heterocycles. The summed E-state index contributed by atoms with van der Waals surface area (Å²) in [7, 11) is 0. The molecule has 1 amide bonds. The van der Waals surface area contributed by atoms with Crippen LogP contribution in [-0.2, 0) is 4.74 Å². The number of carbonyl (C=O) groups is 1. The standard InChI is InChI=1S/C10H18N2O2/c1-10(2,3)14-9(13)12-6-7-4-8(12)5-11-7/h7-8,11H,4-6H2,1-3H3/p+1/t7-,8-/m1/s1. The number of rotatable bonds is 0. The van der Waals surface area contributed by atoms with Crippen LogP contribution in [0.25, 0.3) is 0 Å². The van der Waals surface area contributed by atoms with Gasteiger partial charge in [-0.25, -0.2) is 4.79 Å². The molecular formula is C10H19N2O2+. The fourth-order valence-corrected chi connectivity index (χ4v) is 2.24. The van der Waals surface area contributed by atoms with Crippen LogP contribution in [0.1, 0.15) is 27.2 Å². The van der Waals surface area contributed by atoms with Crippen molar-refractivity contribution in [3.05, 3.63) is 0 Å². The molecule has 2 heterocycles. The molecular weight excluding hydrogens is 180 g/mol. The van der Waals surface area contributed by atoms with Crippen molar-refractivity contribution in [2.45, 2.75) is 44.9 Å². The van der Waals surface area contributed by atoms with E-state index < -0.39 is 0 Å². The van der Waals surface area contributed by atoms with Gasteiger partial charge < -0.3 is 10.1 Å². The summed E-state index contributed by atoms with van der Waals surface area (Å²) in [6, 6.07) is 1.03. The summed E-state index contributed by atoms with van der Waals surface area (Å²) in [5.41, 5.74) is -0.372. The van der Waals surface area contributed by atoms with Crippen molar-refractivity contribution in [3.8, 4) is 0 Å². The maximum atomic E-state index is 11.7. The van der Waals surface area contributed by atoms with Gasteiger partial charge in [-0.15, -0.1) is 0 Å². The van der Waals surface area contributed by atoms with Gasteiger partial charge in [0.2, 0.25) is 0 Å². The first-order chi connectivity index (χ1) is 6.46. The van der Waals surface area contributed by atoms with Crippen molar-refractivity contribution in [2.24, 2.45) is 0 Å². The van der Waals surface area contributed by atoms with Gasteiger partial charge in [0.05, 0.1) is 19.1 Å². The zero-order valence-corrected chi connectivity index (χ0v) is 9.12. The quantitative estimate of drug-likeness (QED) is 0.594. The third-order valence-corrected chi connectivity index (χ3v) is 2.82. The number of quaternary nitrogens is 1. The highest BCUT2D eigenvalue weighted by atomic mass is 16.6. The maximum Gasteiger partial charge on any atom is 0.410 e. The second-order valence-corrected chi connectivity index (χ2v) is 5.25. The minimum Gasteiger partial charge on any atom is -0.444 e. The second kappa shape index (κ2) is 3.12. The van der Waals surface area contributed by atoms with E-state index in [1.165, 1.54) is 0 Å². The normalized spacial score (nSPS) is 30.9. The number of piperazine rings is 1. The fourth-order valence-electron chi connectivity index (χ4n) is 2.24. The molecule has 2 aliphatic rings. The van der Waals surface area contributed by atoms with Crippen LogP contribution in [-0.4, -0.2) is 41.8 Å². The number of nitrogens with zero attached hydrogens (tertiary/aromatic N) is 1. The van der Waals surface area contributed by atoms with Gasteiger partial charge in [-0.3, -0.25) is 4.90 Å². The average molecular weight is 199 g/mol. The van der Waals surface area contributed by atoms with Crippen LogP contribution >= 0.6 is 0 Å². The van der Waals surface area contributed by atoms with E-state index in [1.54, 1.807) is 0 Å². The van der Waals surface area contributed by atoms with Gasteiger partial charge in [0.15, 0.2) is 0 Å². The van der Waals surface area contributed by atoms with Crippen LogP contribution in [0.5, 0.6) is 0 Å². The third-order valence-electron chi connectivity index (χ3n) is 2.82. The first-order valence-corrected chi connectivity index (χ1v) is 5.28. The summed E-state index contributed by atoms with van der Waals surface area (Å²) in [5.74, 6) is 0. The molecule has 0 aliphatic carbocycles. The van der Waals surface area contributed by atoms with Gasteiger partial charge in [0.1, 0.15) is 11.6 Å². The van der Waals surface area contributed by atoms with Crippen molar-refractivity contribution >= 4 is 6.09 Å². The number of ether oxygens (including phenoxy) is 1. The lowest BCUT2D eigenvalue weighted by Crippen LogP contribution is -2.91.